The van der Waals surface area contributed by atoms with Crippen LogP contribution in [0.25, 0.3) is 0 Å². The van der Waals surface area contributed by atoms with Gasteiger partial charge in [0.1, 0.15) is 0 Å². The van der Waals surface area contributed by atoms with Gasteiger partial charge in [-0.25, -0.2) is 18.6 Å². The predicted molar refractivity (Wildman–Crippen MR) is 68.4 cm³/mol. The second kappa shape index (κ2) is 8.46. The first-order valence-corrected chi connectivity index (χ1v) is 9.48. The average Bonchev–Trinajstić information content (AvgIpc) is 2.57. The van der Waals surface area contributed by atoms with E-state index in [-0.39, 0.29) is 0 Å². The molecule has 0 fully saturated rings. The summed E-state index contributed by atoms with van der Waals surface area (Å²) in [5, 5.41) is 2.35. The fourth-order valence-corrected chi connectivity index (χ4v) is 3.97. The molecule has 0 aromatic carbocycles. The Morgan fingerprint density at radius 2 is 1.74 bits per heavy atom. The van der Waals surface area contributed by atoms with Crippen LogP contribution in [0, 0.1) is 15.7 Å². The highest BCUT2D eigenvalue weighted by Crippen LogP contribution is 2.30. The SMILES string of the molecule is CCCCc1s[s+]cc1CC(C)(C)C.[O-][Cl+3]([O-])([O-])[O-]. The van der Waals surface area contributed by atoms with E-state index < -0.39 is 10.2 Å². The zero-order valence-corrected chi connectivity index (χ0v) is 14.1. The molecule has 0 N–H and O–H groups in total. The predicted octanol–water partition coefficient (Wildman–Crippen LogP) is 0.266. The summed E-state index contributed by atoms with van der Waals surface area (Å²) in [4.78, 5) is 1.63. The highest BCUT2D eigenvalue weighted by atomic mass is 35.7. The number of aryl methyl sites for hydroxylation is 1. The van der Waals surface area contributed by atoms with Gasteiger partial charge in [0.15, 0.2) is 10.3 Å². The number of hydrogen-bond donors (Lipinski definition) is 0. The van der Waals surface area contributed by atoms with Gasteiger partial charge in [-0.15, -0.1) is 10.2 Å². The van der Waals surface area contributed by atoms with Crippen LogP contribution in [0.5, 0.6) is 0 Å². The molecule has 19 heavy (non-hydrogen) atoms. The number of hydrogen-bond acceptors (Lipinski definition) is 5. The van der Waals surface area contributed by atoms with Crippen LogP contribution in [0.4, 0.5) is 0 Å². The largest absolute Gasteiger partial charge is 0.292 e. The summed E-state index contributed by atoms with van der Waals surface area (Å²) in [6.45, 7) is 9.22. The zero-order chi connectivity index (χ0) is 15.1. The Labute approximate surface area is 124 Å². The van der Waals surface area contributed by atoms with E-state index in [1.54, 1.807) is 10.4 Å². The molecule has 0 unspecified atom stereocenters. The van der Waals surface area contributed by atoms with Gasteiger partial charge in [0.25, 0.3) is 10.3 Å². The van der Waals surface area contributed by atoms with Crippen LogP contribution in [0.15, 0.2) is 5.38 Å². The third kappa shape index (κ3) is 12.9. The molecule has 0 radical (unpaired) electrons. The van der Waals surface area contributed by atoms with Crippen molar-refractivity contribution in [3.8, 4) is 0 Å². The molecule has 7 heteroatoms. The maximum absolute atomic E-state index is 8.49. The second-order valence-corrected chi connectivity index (χ2v) is 8.39. The summed E-state index contributed by atoms with van der Waals surface area (Å²) in [7, 11) is -1.07. The van der Waals surface area contributed by atoms with Crippen molar-refractivity contribution in [1.29, 1.82) is 0 Å². The summed E-state index contributed by atoms with van der Waals surface area (Å²) < 4.78 is 34.0. The number of rotatable bonds is 4. The molecule has 1 aromatic heterocycles. The van der Waals surface area contributed by atoms with Crippen LogP contribution in [0.3, 0.4) is 0 Å². The minimum atomic E-state index is -4.94. The fourth-order valence-electron chi connectivity index (χ4n) is 1.51. The monoisotopic (exact) mass is 328 g/mol. The molecule has 0 aliphatic heterocycles. The first-order chi connectivity index (χ1) is 8.53. The molecule has 1 aromatic rings. The van der Waals surface area contributed by atoms with Crippen molar-refractivity contribution < 1.29 is 28.9 Å². The number of unbranched alkanes of at least 4 members (excludes halogenated alkanes) is 1. The zero-order valence-electron chi connectivity index (χ0n) is 11.7. The second-order valence-electron chi connectivity index (χ2n) is 5.46. The van der Waals surface area contributed by atoms with Gasteiger partial charge in [0.05, 0.1) is 4.88 Å². The Bertz CT molecular complexity index is 349. The van der Waals surface area contributed by atoms with Gasteiger partial charge < -0.3 is 0 Å². The van der Waals surface area contributed by atoms with Crippen LogP contribution in [0.1, 0.15) is 51.0 Å². The summed E-state index contributed by atoms with van der Waals surface area (Å²) in [6, 6.07) is 0. The van der Waals surface area contributed by atoms with Gasteiger partial charge in [-0.05, 0) is 24.7 Å². The molecule has 0 aliphatic carbocycles. The van der Waals surface area contributed by atoms with Gasteiger partial charge in [-0.1, -0.05) is 34.1 Å². The maximum Gasteiger partial charge on any atom is 0.292 e. The van der Waals surface area contributed by atoms with Crippen LogP contribution < -0.4 is 18.6 Å². The lowest BCUT2D eigenvalue weighted by Gasteiger charge is -2.17. The molecule has 0 bridgehead atoms. The smallest absolute Gasteiger partial charge is 0.222 e. The standard InChI is InChI=1S/C12H21S2.ClHO4/c1-5-6-7-11-10(9-13-14-11)8-12(2,3)4;2-1(3,4)5/h9H,5-8H2,1-4H3;(H,2,3,4,5)/q+1;/p-1. The average molecular weight is 329 g/mol. The van der Waals surface area contributed by atoms with E-state index in [0.29, 0.717) is 5.41 Å². The van der Waals surface area contributed by atoms with Gasteiger partial charge in [0, 0.05) is 5.56 Å². The van der Waals surface area contributed by atoms with E-state index in [1.165, 1.54) is 25.7 Å². The summed E-state index contributed by atoms with van der Waals surface area (Å²) >= 11 is 0. The molecule has 112 valence electrons. The summed E-state index contributed by atoms with van der Waals surface area (Å²) in [5.41, 5.74) is 2.02. The van der Waals surface area contributed by atoms with E-state index >= 15 is 0 Å². The molecule has 0 spiro atoms. The third-order valence-electron chi connectivity index (χ3n) is 2.18. The summed E-state index contributed by atoms with van der Waals surface area (Å²) in [6.07, 6.45) is 5.16. The van der Waals surface area contributed by atoms with Crippen molar-refractivity contribution in [3.63, 3.8) is 0 Å². The van der Waals surface area contributed by atoms with Crippen molar-refractivity contribution in [2.75, 3.05) is 0 Å². The van der Waals surface area contributed by atoms with Crippen LogP contribution in [-0.4, -0.2) is 0 Å². The first kappa shape index (κ1) is 19.2. The Morgan fingerprint density at radius 3 is 2.16 bits per heavy atom. The van der Waals surface area contributed by atoms with Crippen molar-refractivity contribution in [2.45, 2.75) is 53.4 Å². The molecular formula is C12H21ClO4S2. The quantitative estimate of drug-likeness (QED) is 0.585. The van der Waals surface area contributed by atoms with Crippen molar-refractivity contribution in [3.05, 3.63) is 15.8 Å². The normalized spacial score (nSPS) is 12.0. The molecule has 1 heterocycles. The fraction of sp³-hybridized carbons (Fsp3) is 0.750. The van der Waals surface area contributed by atoms with E-state index in [9.17, 15) is 0 Å². The molecule has 4 nitrogen and oxygen atoms in total. The van der Waals surface area contributed by atoms with Gasteiger partial charge in [0.2, 0.25) is 5.38 Å². The van der Waals surface area contributed by atoms with Gasteiger partial charge >= 0.3 is 0 Å². The van der Waals surface area contributed by atoms with Crippen molar-refractivity contribution >= 4 is 20.7 Å². The van der Waals surface area contributed by atoms with E-state index in [2.05, 4.69) is 33.1 Å². The lowest BCUT2D eigenvalue weighted by molar-refractivity contribution is -2.00. The molecule has 0 saturated carbocycles. The molecule has 1 rings (SSSR count). The first-order valence-electron chi connectivity index (χ1n) is 6.03. The third-order valence-corrected chi connectivity index (χ3v) is 4.50. The number of halogens is 1. The minimum Gasteiger partial charge on any atom is -0.222 e. The Morgan fingerprint density at radius 1 is 1.21 bits per heavy atom. The lowest BCUT2D eigenvalue weighted by Crippen LogP contribution is -2.68. The molecule has 0 atom stereocenters. The maximum atomic E-state index is 8.49. The molecule has 0 saturated heterocycles. The Balaban J connectivity index is 0.000000555. The topological polar surface area (TPSA) is 92.2 Å². The van der Waals surface area contributed by atoms with Gasteiger partial charge in [-0.2, -0.15) is 0 Å². The van der Waals surface area contributed by atoms with Crippen molar-refractivity contribution in [2.24, 2.45) is 5.41 Å². The summed E-state index contributed by atoms with van der Waals surface area (Å²) in [5.74, 6) is 0. The van der Waals surface area contributed by atoms with Crippen molar-refractivity contribution in [1.82, 2.24) is 0 Å². The lowest BCUT2D eigenvalue weighted by atomic mass is 9.88. The molecular weight excluding hydrogens is 308 g/mol. The highest BCUT2D eigenvalue weighted by molar-refractivity contribution is 7.68. The Hall–Kier alpha value is 0.180. The van der Waals surface area contributed by atoms with Crippen LogP contribution >= 0.6 is 20.7 Å². The van der Waals surface area contributed by atoms with Crippen LogP contribution in [-0.2, 0) is 12.8 Å². The van der Waals surface area contributed by atoms with E-state index in [1.807, 2.05) is 20.7 Å². The van der Waals surface area contributed by atoms with E-state index in [0.717, 1.165) is 0 Å². The van der Waals surface area contributed by atoms with E-state index in [4.69, 9.17) is 18.6 Å². The highest BCUT2D eigenvalue weighted by Gasteiger charge is 2.19. The van der Waals surface area contributed by atoms with Crippen LogP contribution in [0.2, 0.25) is 0 Å². The molecule has 0 aliphatic rings. The van der Waals surface area contributed by atoms with Gasteiger partial charge in [-0.3, -0.25) is 0 Å². The Kier molecular flexibility index (Phi) is 8.54. The minimum absolute atomic E-state index is 0.425. The molecule has 0 amide bonds.